The predicted octanol–water partition coefficient (Wildman–Crippen LogP) is 7.97. The van der Waals surface area contributed by atoms with Crippen LogP contribution in [0.15, 0.2) is 0 Å². The first kappa shape index (κ1) is 26.5. The third-order valence-corrected chi connectivity index (χ3v) is 10.5. The summed E-state index contributed by atoms with van der Waals surface area (Å²) in [6, 6.07) is 0. The van der Waals surface area contributed by atoms with E-state index >= 15 is 0 Å². The van der Waals surface area contributed by atoms with Gasteiger partial charge in [-0.05, 0) is 112 Å². The van der Waals surface area contributed by atoms with Crippen LogP contribution in [0, 0.1) is 40.4 Å². The Morgan fingerprint density at radius 2 is 1.57 bits per heavy atom. The summed E-state index contributed by atoms with van der Waals surface area (Å²) < 4.78 is 7.49. The van der Waals surface area contributed by atoms with Crippen molar-refractivity contribution in [3.63, 3.8) is 0 Å². The van der Waals surface area contributed by atoms with Crippen LogP contribution >= 0.6 is 11.9 Å². The summed E-state index contributed by atoms with van der Waals surface area (Å²) in [6.45, 7) is 9.43. The third kappa shape index (κ3) is 5.42. The summed E-state index contributed by atoms with van der Waals surface area (Å²) >= 11 is 1.90. The van der Waals surface area contributed by atoms with Crippen LogP contribution in [0.5, 0.6) is 0 Å². The highest BCUT2D eigenvalue weighted by Gasteiger charge is 2.59. The summed E-state index contributed by atoms with van der Waals surface area (Å²) in [5.74, 6) is 6.60. The van der Waals surface area contributed by atoms with Crippen molar-refractivity contribution in [2.75, 3.05) is 27.0 Å². The molecule has 0 bridgehead atoms. The van der Waals surface area contributed by atoms with Gasteiger partial charge in [-0.1, -0.05) is 52.5 Å². The van der Waals surface area contributed by atoms with Gasteiger partial charge in [0.15, 0.2) is 0 Å². The zero-order valence-corrected chi connectivity index (χ0v) is 22.2. The lowest BCUT2D eigenvalue weighted by Crippen LogP contribution is -2.52. The molecule has 0 heterocycles. The van der Waals surface area contributed by atoms with Crippen LogP contribution in [0.3, 0.4) is 0 Å². The molecule has 4 aliphatic rings. The minimum atomic E-state index is 0.684. The average molecular weight is 440 g/mol. The topological polar surface area (TPSA) is 21.3 Å². The van der Waals surface area contributed by atoms with Crippen LogP contribution < -0.4 is 4.72 Å². The van der Waals surface area contributed by atoms with Gasteiger partial charge in [-0.3, -0.25) is 4.72 Å². The van der Waals surface area contributed by atoms with Crippen LogP contribution in [-0.4, -0.2) is 27.0 Å². The molecule has 0 aromatic carbocycles. The first-order valence-corrected chi connectivity index (χ1v) is 14.2. The Kier molecular flexibility index (Phi) is 11.0. The fourth-order valence-electron chi connectivity index (χ4n) is 8.38. The van der Waals surface area contributed by atoms with Crippen LogP contribution in [0.25, 0.3) is 0 Å². The molecule has 178 valence electrons. The molecule has 30 heavy (non-hydrogen) atoms. The Balaban J connectivity index is 0.000000590. The van der Waals surface area contributed by atoms with E-state index in [2.05, 4.69) is 30.4 Å². The van der Waals surface area contributed by atoms with Crippen LogP contribution in [0.2, 0.25) is 0 Å². The van der Waals surface area contributed by atoms with E-state index < -0.39 is 0 Å². The molecule has 3 heteroatoms. The molecule has 0 spiro atoms. The molecule has 0 aromatic rings. The van der Waals surface area contributed by atoms with Gasteiger partial charge in [0, 0.05) is 20.0 Å². The molecule has 0 amide bonds. The lowest BCUT2D eigenvalue weighted by Gasteiger charge is -2.60. The van der Waals surface area contributed by atoms with Crippen LogP contribution in [0.1, 0.15) is 105 Å². The Morgan fingerprint density at radius 1 is 0.867 bits per heavy atom. The standard InChI is InChI=1S/C23H41NS.C2H6O.C2H6/c1-22-14-5-4-7-17(22)9-11-19-20-12-10-18(8-6-16-25-24-3)23(20,2)15-13-21(19)22;1-3-2;1-2/h17-21,24H,4-16H2,1-3H3;1-2H3;1-2H3. The van der Waals surface area contributed by atoms with Gasteiger partial charge in [-0.25, -0.2) is 0 Å². The lowest BCUT2D eigenvalue weighted by molar-refractivity contribution is -0.111. The maximum Gasteiger partial charge on any atom is 0.0351 e. The molecule has 4 rings (SSSR count). The van der Waals surface area contributed by atoms with Crippen molar-refractivity contribution in [2.24, 2.45) is 40.4 Å². The molecule has 1 N–H and O–H groups in total. The summed E-state index contributed by atoms with van der Waals surface area (Å²) in [6.07, 6.45) is 18.4. The number of fused-ring (bicyclic) bond motifs is 5. The third-order valence-electron chi connectivity index (χ3n) is 9.72. The summed E-state index contributed by atoms with van der Waals surface area (Å²) in [4.78, 5) is 0. The smallest absolute Gasteiger partial charge is 0.0351 e. The van der Waals surface area contributed by atoms with E-state index in [1.165, 1.54) is 37.9 Å². The number of rotatable bonds is 5. The van der Waals surface area contributed by atoms with E-state index in [1.54, 1.807) is 59.2 Å². The van der Waals surface area contributed by atoms with Gasteiger partial charge in [0.05, 0.1) is 0 Å². The highest BCUT2D eigenvalue weighted by Crippen LogP contribution is 2.67. The molecule has 0 saturated heterocycles. The molecule has 4 fully saturated rings. The molecule has 4 saturated carbocycles. The molecular weight excluding hydrogens is 386 g/mol. The first-order valence-electron chi connectivity index (χ1n) is 13.2. The Hall–Kier alpha value is 0.270. The average Bonchev–Trinajstić information content (AvgIpc) is 3.09. The van der Waals surface area contributed by atoms with Gasteiger partial charge in [-0.15, -0.1) is 0 Å². The van der Waals surface area contributed by atoms with Crippen molar-refractivity contribution in [1.29, 1.82) is 0 Å². The van der Waals surface area contributed by atoms with E-state index in [-0.39, 0.29) is 0 Å². The number of hydrogen-bond acceptors (Lipinski definition) is 3. The molecule has 7 atom stereocenters. The maximum absolute atomic E-state index is 4.25. The zero-order valence-electron chi connectivity index (χ0n) is 21.4. The van der Waals surface area contributed by atoms with Crippen molar-refractivity contribution in [2.45, 2.75) is 105 Å². The fraction of sp³-hybridized carbons (Fsp3) is 1.00. The number of hydrogen-bond donors (Lipinski definition) is 1. The minimum Gasteiger partial charge on any atom is -0.388 e. The van der Waals surface area contributed by atoms with E-state index in [4.69, 9.17) is 0 Å². The van der Waals surface area contributed by atoms with Gasteiger partial charge in [-0.2, -0.15) is 0 Å². The molecule has 0 aliphatic heterocycles. The monoisotopic (exact) mass is 439 g/mol. The van der Waals surface area contributed by atoms with E-state index in [9.17, 15) is 0 Å². The minimum absolute atomic E-state index is 0.684. The Bertz CT molecular complexity index is 485. The Labute approximate surface area is 193 Å². The molecule has 0 radical (unpaired) electrons. The van der Waals surface area contributed by atoms with Gasteiger partial charge < -0.3 is 4.74 Å². The second-order valence-corrected chi connectivity index (χ2v) is 11.9. The van der Waals surface area contributed by atoms with Gasteiger partial charge in [0.25, 0.3) is 0 Å². The van der Waals surface area contributed by atoms with E-state index in [0.717, 1.165) is 29.6 Å². The van der Waals surface area contributed by atoms with Crippen molar-refractivity contribution in [3.8, 4) is 0 Å². The molecular formula is C27H53NOS. The number of nitrogens with one attached hydrogen (secondary N) is 1. The lowest BCUT2D eigenvalue weighted by atomic mass is 9.45. The number of methoxy groups -OCH3 is 1. The number of ether oxygens (including phenoxy) is 1. The van der Waals surface area contributed by atoms with Crippen LogP contribution in [0.4, 0.5) is 0 Å². The first-order chi connectivity index (χ1) is 14.5. The normalized spacial score (nSPS) is 41.9. The van der Waals surface area contributed by atoms with Crippen molar-refractivity contribution in [1.82, 2.24) is 4.72 Å². The highest BCUT2D eigenvalue weighted by atomic mass is 32.2. The molecule has 4 aliphatic carbocycles. The molecule has 2 nitrogen and oxygen atoms in total. The second-order valence-electron chi connectivity index (χ2n) is 10.8. The quantitative estimate of drug-likeness (QED) is 0.346. The van der Waals surface area contributed by atoms with Crippen molar-refractivity contribution < 1.29 is 4.74 Å². The summed E-state index contributed by atoms with van der Waals surface area (Å²) in [5, 5.41) is 0. The van der Waals surface area contributed by atoms with Gasteiger partial charge in [0.2, 0.25) is 0 Å². The van der Waals surface area contributed by atoms with Gasteiger partial charge in [0.1, 0.15) is 0 Å². The molecule has 7 unspecified atom stereocenters. The predicted molar refractivity (Wildman–Crippen MR) is 135 cm³/mol. The Morgan fingerprint density at radius 3 is 2.27 bits per heavy atom. The van der Waals surface area contributed by atoms with Crippen molar-refractivity contribution >= 4 is 11.9 Å². The zero-order chi connectivity index (χ0) is 22.2. The van der Waals surface area contributed by atoms with Crippen molar-refractivity contribution in [3.05, 3.63) is 0 Å². The SMILES string of the molecule is CC.CNSCCCC1CCC2C3CCC4CCCCC4(C)C3CCC12C.COC. The maximum atomic E-state index is 4.25. The van der Waals surface area contributed by atoms with E-state index in [1.807, 2.05) is 25.8 Å². The highest BCUT2D eigenvalue weighted by molar-refractivity contribution is 7.97. The van der Waals surface area contributed by atoms with E-state index in [0.29, 0.717) is 10.8 Å². The van der Waals surface area contributed by atoms with Gasteiger partial charge >= 0.3 is 0 Å². The van der Waals surface area contributed by atoms with Crippen LogP contribution in [-0.2, 0) is 4.74 Å². The summed E-state index contributed by atoms with van der Waals surface area (Å²) in [5.41, 5.74) is 1.40. The summed E-state index contributed by atoms with van der Waals surface area (Å²) in [7, 11) is 5.31. The second kappa shape index (κ2) is 12.5. The fourth-order valence-corrected chi connectivity index (χ4v) is 8.90. The largest absolute Gasteiger partial charge is 0.388 e. The molecule has 0 aromatic heterocycles.